The molecule has 2 heterocycles. The lowest BCUT2D eigenvalue weighted by molar-refractivity contribution is 0.0597. The normalized spacial score (nSPS) is 14.2. The maximum absolute atomic E-state index is 13.3. The van der Waals surface area contributed by atoms with Gasteiger partial charge in [0.05, 0.1) is 6.04 Å². The van der Waals surface area contributed by atoms with Crippen LogP contribution in [0.15, 0.2) is 109 Å². The molecule has 0 saturated carbocycles. The zero-order valence-electron chi connectivity index (χ0n) is 19.0. The number of carbonyl (C=O) groups is 1. The van der Waals surface area contributed by atoms with Crippen LogP contribution in [0.3, 0.4) is 0 Å². The number of hydrogen-bond donors (Lipinski definition) is 0. The summed E-state index contributed by atoms with van der Waals surface area (Å²) in [5.41, 5.74) is 3.17. The van der Waals surface area contributed by atoms with Crippen molar-refractivity contribution >= 4 is 5.91 Å². The molecule has 0 spiro atoms. The van der Waals surface area contributed by atoms with Gasteiger partial charge in [0.2, 0.25) is 5.88 Å². The monoisotopic (exact) mass is 449 g/mol. The lowest BCUT2D eigenvalue weighted by atomic mass is 9.96. The molecular weight excluding hydrogens is 422 g/mol. The van der Waals surface area contributed by atoms with E-state index in [9.17, 15) is 4.79 Å². The first kappa shape index (κ1) is 21.9. The van der Waals surface area contributed by atoms with E-state index in [1.54, 1.807) is 18.3 Å². The number of carbonyl (C=O) groups excluding carboxylic acids is 1. The maximum Gasteiger partial charge on any atom is 0.254 e. The minimum Gasteiger partial charge on any atom is -0.439 e. The maximum atomic E-state index is 13.3. The smallest absolute Gasteiger partial charge is 0.254 e. The summed E-state index contributed by atoms with van der Waals surface area (Å²) < 4.78 is 5.81. The third kappa shape index (κ3) is 5.00. The highest BCUT2D eigenvalue weighted by molar-refractivity contribution is 5.94. The van der Waals surface area contributed by atoms with E-state index in [1.165, 1.54) is 11.1 Å². The minimum absolute atomic E-state index is 0.0297. The molecule has 1 aliphatic heterocycles. The fourth-order valence-corrected chi connectivity index (χ4v) is 4.47. The molecule has 5 heteroatoms. The van der Waals surface area contributed by atoms with Crippen LogP contribution in [-0.4, -0.2) is 46.9 Å². The summed E-state index contributed by atoms with van der Waals surface area (Å²) in [7, 11) is 0. The summed E-state index contributed by atoms with van der Waals surface area (Å²) in [6.45, 7) is 2.98. The number of benzene rings is 3. The van der Waals surface area contributed by atoms with Gasteiger partial charge in [-0.2, -0.15) is 0 Å². The van der Waals surface area contributed by atoms with Crippen LogP contribution >= 0.6 is 0 Å². The van der Waals surface area contributed by atoms with Crippen LogP contribution in [0, 0.1) is 0 Å². The van der Waals surface area contributed by atoms with Gasteiger partial charge < -0.3 is 9.64 Å². The SMILES string of the molecule is O=C(c1cccc(Oc2ccccn2)c1)N1CCN(C(c2ccccc2)c2ccccc2)CC1. The van der Waals surface area contributed by atoms with E-state index in [4.69, 9.17) is 4.74 Å². The Hall–Kier alpha value is -3.96. The molecule has 0 atom stereocenters. The topological polar surface area (TPSA) is 45.7 Å². The van der Waals surface area contributed by atoms with Crippen molar-refractivity contribution in [2.45, 2.75) is 6.04 Å². The van der Waals surface area contributed by atoms with Gasteiger partial charge in [-0.3, -0.25) is 9.69 Å². The summed E-state index contributed by atoms with van der Waals surface area (Å²) in [4.78, 5) is 21.8. The number of pyridine rings is 1. The van der Waals surface area contributed by atoms with Gasteiger partial charge >= 0.3 is 0 Å². The Morgan fingerprint density at radius 2 is 1.38 bits per heavy atom. The average molecular weight is 450 g/mol. The first-order valence-corrected chi connectivity index (χ1v) is 11.6. The molecule has 1 amide bonds. The van der Waals surface area contributed by atoms with Crippen molar-refractivity contribution < 1.29 is 9.53 Å². The Morgan fingerprint density at radius 3 is 2.00 bits per heavy atom. The van der Waals surface area contributed by atoms with E-state index in [-0.39, 0.29) is 11.9 Å². The molecule has 0 bridgehead atoms. The van der Waals surface area contributed by atoms with Gasteiger partial charge in [0.1, 0.15) is 5.75 Å². The highest BCUT2D eigenvalue weighted by Gasteiger charge is 2.28. The number of hydrogen-bond acceptors (Lipinski definition) is 4. The number of nitrogens with zero attached hydrogens (tertiary/aromatic N) is 3. The lowest BCUT2D eigenvalue weighted by Gasteiger charge is -2.39. The van der Waals surface area contributed by atoms with Crippen LogP contribution in [0.5, 0.6) is 11.6 Å². The lowest BCUT2D eigenvalue weighted by Crippen LogP contribution is -2.49. The van der Waals surface area contributed by atoms with Crippen molar-refractivity contribution in [2.24, 2.45) is 0 Å². The number of ether oxygens (including phenoxy) is 1. The number of rotatable bonds is 6. The Balaban J connectivity index is 1.28. The van der Waals surface area contributed by atoms with E-state index in [1.807, 2.05) is 47.4 Å². The molecule has 0 N–H and O–H groups in total. The van der Waals surface area contributed by atoms with Crippen LogP contribution in [-0.2, 0) is 0 Å². The standard InChI is InChI=1S/C29H27N3O2/c33-29(25-14-9-15-26(22-25)34-27-16-7-8-17-30-27)32-20-18-31(19-21-32)28(23-10-3-1-4-11-23)24-12-5-2-6-13-24/h1-17,22,28H,18-21H2. The minimum atomic E-state index is 0.0297. The van der Waals surface area contributed by atoms with Gasteiger partial charge in [0.25, 0.3) is 5.91 Å². The van der Waals surface area contributed by atoms with E-state index < -0.39 is 0 Å². The summed E-state index contributed by atoms with van der Waals surface area (Å²) in [6, 6.07) is 34.2. The zero-order chi connectivity index (χ0) is 23.2. The molecule has 0 aliphatic carbocycles. The van der Waals surface area contributed by atoms with Crippen molar-refractivity contribution in [1.29, 1.82) is 0 Å². The Labute approximate surface area is 200 Å². The number of aromatic nitrogens is 1. The molecule has 1 fully saturated rings. The predicted molar refractivity (Wildman–Crippen MR) is 133 cm³/mol. The molecular formula is C29H27N3O2. The first-order valence-electron chi connectivity index (χ1n) is 11.6. The fraction of sp³-hybridized carbons (Fsp3) is 0.172. The fourth-order valence-electron chi connectivity index (χ4n) is 4.47. The quantitative estimate of drug-likeness (QED) is 0.394. The molecule has 34 heavy (non-hydrogen) atoms. The molecule has 0 radical (unpaired) electrons. The Bertz CT molecular complexity index is 1170. The predicted octanol–water partition coefficient (Wildman–Crippen LogP) is 5.42. The van der Waals surface area contributed by atoms with E-state index in [2.05, 4.69) is 58.4 Å². The van der Waals surface area contributed by atoms with Gasteiger partial charge in [0.15, 0.2) is 0 Å². The van der Waals surface area contributed by atoms with Crippen molar-refractivity contribution in [2.75, 3.05) is 26.2 Å². The average Bonchev–Trinajstić information content (AvgIpc) is 2.91. The molecule has 5 rings (SSSR count). The van der Waals surface area contributed by atoms with E-state index in [0.29, 0.717) is 30.3 Å². The first-order chi connectivity index (χ1) is 16.8. The van der Waals surface area contributed by atoms with Crippen molar-refractivity contribution in [1.82, 2.24) is 14.8 Å². The third-order valence-corrected chi connectivity index (χ3v) is 6.14. The van der Waals surface area contributed by atoms with Crippen molar-refractivity contribution in [3.8, 4) is 11.6 Å². The Morgan fingerprint density at radius 1 is 0.735 bits per heavy atom. The molecule has 4 aromatic rings. The molecule has 1 aromatic heterocycles. The van der Waals surface area contributed by atoms with Crippen LogP contribution in [0.25, 0.3) is 0 Å². The van der Waals surface area contributed by atoms with Gasteiger partial charge in [-0.15, -0.1) is 0 Å². The summed E-state index contributed by atoms with van der Waals surface area (Å²) in [5.74, 6) is 1.15. The highest BCUT2D eigenvalue weighted by atomic mass is 16.5. The summed E-state index contributed by atoms with van der Waals surface area (Å²) in [5, 5.41) is 0. The number of piperazine rings is 1. The molecule has 170 valence electrons. The van der Waals surface area contributed by atoms with Gasteiger partial charge in [-0.05, 0) is 35.4 Å². The second-order valence-corrected chi connectivity index (χ2v) is 8.35. The molecule has 0 unspecified atom stereocenters. The van der Waals surface area contributed by atoms with E-state index >= 15 is 0 Å². The summed E-state index contributed by atoms with van der Waals surface area (Å²) >= 11 is 0. The van der Waals surface area contributed by atoms with Crippen LogP contribution < -0.4 is 4.74 Å². The molecule has 3 aromatic carbocycles. The van der Waals surface area contributed by atoms with Gasteiger partial charge in [0, 0.05) is 44.0 Å². The second kappa shape index (κ2) is 10.3. The number of amides is 1. The highest BCUT2D eigenvalue weighted by Crippen LogP contribution is 2.30. The van der Waals surface area contributed by atoms with Gasteiger partial charge in [-0.1, -0.05) is 72.8 Å². The van der Waals surface area contributed by atoms with Crippen LogP contribution in [0.1, 0.15) is 27.5 Å². The zero-order valence-corrected chi connectivity index (χ0v) is 19.0. The third-order valence-electron chi connectivity index (χ3n) is 6.14. The molecule has 5 nitrogen and oxygen atoms in total. The molecule has 1 saturated heterocycles. The molecule has 1 aliphatic rings. The van der Waals surface area contributed by atoms with Crippen LogP contribution in [0.2, 0.25) is 0 Å². The Kier molecular flexibility index (Phi) is 6.64. The van der Waals surface area contributed by atoms with Crippen LogP contribution in [0.4, 0.5) is 0 Å². The van der Waals surface area contributed by atoms with Crippen molar-refractivity contribution in [3.05, 3.63) is 126 Å². The van der Waals surface area contributed by atoms with Crippen molar-refractivity contribution in [3.63, 3.8) is 0 Å². The largest absolute Gasteiger partial charge is 0.439 e. The van der Waals surface area contributed by atoms with E-state index in [0.717, 1.165) is 13.1 Å². The second-order valence-electron chi connectivity index (χ2n) is 8.35. The summed E-state index contributed by atoms with van der Waals surface area (Å²) in [6.07, 6.45) is 1.68. The van der Waals surface area contributed by atoms with Gasteiger partial charge in [-0.25, -0.2) is 4.98 Å².